The minimum absolute atomic E-state index is 0.0490. The SMILES string of the molecule is CC(=O)[C@@]1(O)CC[C@H]2[C@@H]3CCC4=C/C(=N/OCC(=O)N[C@H](CO)C(=O)O)CC[C@]4(C)[C@H]3CC[C@@]21C. The highest BCUT2D eigenvalue weighted by molar-refractivity contribution is 5.96. The maximum absolute atomic E-state index is 12.4. The van der Waals surface area contributed by atoms with E-state index in [1.807, 2.05) is 0 Å². The number of hydrogen-bond donors (Lipinski definition) is 4. The summed E-state index contributed by atoms with van der Waals surface area (Å²) >= 11 is 0. The summed E-state index contributed by atoms with van der Waals surface area (Å²) in [5.74, 6) is -0.696. The van der Waals surface area contributed by atoms with Gasteiger partial charge in [0.15, 0.2) is 12.4 Å². The van der Waals surface area contributed by atoms with Gasteiger partial charge < -0.3 is 25.5 Å². The van der Waals surface area contributed by atoms with Crippen molar-refractivity contribution in [2.45, 2.75) is 83.8 Å². The molecule has 0 radical (unpaired) electrons. The van der Waals surface area contributed by atoms with Gasteiger partial charge in [0.05, 0.1) is 12.3 Å². The number of oxime groups is 1. The Balaban J connectivity index is 1.43. The molecular weight excluding hydrogens is 452 g/mol. The Morgan fingerprint density at radius 3 is 2.51 bits per heavy atom. The number of aliphatic carboxylic acids is 1. The molecule has 0 unspecified atom stereocenters. The van der Waals surface area contributed by atoms with Crippen LogP contribution in [0.15, 0.2) is 16.8 Å². The summed E-state index contributed by atoms with van der Waals surface area (Å²) in [6.45, 7) is 4.90. The lowest BCUT2D eigenvalue weighted by atomic mass is 9.46. The quantitative estimate of drug-likeness (QED) is 0.400. The summed E-state index contributed by atoms with van der Waals surface area (Å²) in [7, 11) is 0. The van der Waals surface area contributed by atoms with Gasteiger partial charge in [-0.15, -0.1) is 0 Å². The summed E-state index contributed by atoms with van der Waals surface area (Å²) in [4.78, 5) is 40.4. The van der Waals surface area contributed by atoms with E-state index in [0.29, 0.717) is 24.2 Å². The van der Waals surface area contributed by atoms with Crippen LogP contribution in [0.4, 0.5) is 0 Å². The molecular formula is C26H38N2O7. The zero-order valence-corrected chi connectivity index (χ0v) is 20.9. The number of carbonyl (C=O) groups excluding carboxylic acids is 2. The van der Waals surface area contributed by atoms with Crippen molar-refractivity contribution >= 4 is 23.4 Å². The maximum atomic E-state index is 12.4. The molecule has 7 atom stereocenters. The van der Waals surface area contributed by atoms with E-state index in [1.165, 1.54) is 12.5 Å². The predicted octanol–water partition coefficient (Wildman–Crippen LogP) is 2.20. The number of amides is 1. The molecule has 35 heavy (non-hydrogen) atoms. The number of fused-ring (bicyclic) bond motifs is 5. The molecule has 0 aromatic heterocycles. The molecule has 1 amide bonds. The van der Waals surface area contributed by atoms with Crippen molar-refractivity contribution in [2.24, 2.45) is 33.7 Å². The largest absolute Gasteiger partial charge is 0.480 e. The van der Waals surface area contributed by atoms with Crippen LogP contribution in [0.3, 0.4) is 0 Å². The second-order valence-corrected chi connectivity index (χ2v) is 11.4. The fourth-order valence-electron chi connectivity index (χ4n) is 7.83. The molecule has 194 valence electrons. The number of allylic oxidation sites excluding steroid dienone is 2. The van der Waals surface area contributed by atoms with E-state index < -0.39 is 36.7 Å². The third-order valence-corrected chi connectivity index (χ3v) is 9.90. The molecule has 4 N–H and O–H groups in total. The molecule has 9 heteroatoms. The van der Waals surface area contributed by atoms with Crippen molar-refractivity contribution in [3.63, 3.8) is 0 Å². The number of aliphatic hydroxyl groups is 2. The Hall–Kier alpha value is -2.26. The number of aliphatic hydroxyl groups excluding tert-OH is 1. The van der Waals surface area contributed by atoms with Crippen LogP contribution in [0.5, 0.6) is 0 Å². The minimum Gasteiger partial charge on any atom is -0.480 e. The smallest absolute Gasteiger partial charge is 0.328 e. The topological polar surface area (TPSA) is 146 Å². The van der Waals surface area contributed by atoms with Gasteiger partial charge in [0.25, 0.3) is 5.91 Å². The number of nitrogens with zero attached hydrogens (tertiary/aromatic N) is 1. The van der Waals surface area contributed by atoms with Crippen molar-refractivity contribution in [1.29, 1.82) is 0 Å². The number of carboxylic acid groups (broad SMARTS) is 1. The number of ketones is 1. The first-order valence-electron chi connectivity index (χ1n) is 12.7. The molecule has 4 aliphatic carbocycles. The molecule has 0 aromatic carbocycles. The highest BCUT2D eigenvalue weighted by Crippen LogP contribution is 2.67. The van der Waals surface area contributed by atoms with Crippen LogP contribution in [0, 0.1) is 28.6 Å². The molecule has 9 nitrogen and oxygen atoms in total. The zero-order chi connectivity index (χ0) is 25.6. The van der Waals surface area contributed by atoms with Crippen molar-refractivity contribution in [2.75, 3.05) is 13.2 Å². The van der Waals surface area contributed by atoms with E-state index in [0.717, 1.165) is 50.7 Å². The van der Waals surface area contributed by atoms with Crippen molar-refractivity contribution in [3.05, 3.63) is 11.6 Å². The fourth-order valence-corrected chi connectivity index (χ4v) is 7.83. The highest BCUT2D eigenvalue weighted by atomic mass is 16.6. The van der Waals surface area contributed by atoms with E-state index in [2.05, 4.69) is 30.4 Å². The van der Waals surface area contributed by atoms with Crippen LogP contribution >= 0.6 is 0 Å². The van der Waals surface area contributed by atoms with Gasteiger partial charge in [-0.05, 0) is 87.5 Å². The lowest BCUT2D eigenvalue weighted by Gasteiger charge is -2.59. The van der Waals surface area contributed by atoms with E-state index in [4.69, 9.17) is 15.1 Å². The zero-order valence-electron chi connectivity index (χ0n) is 20.9. The molecule has 3 fully saturated rings. The number of nitrogens with one attached hydrogen (secondary N) is 1. The average molecular weight is 491 g/mol. The Bertz CT molecular complexity index is 961. The first-order chi connectivity index (χ1) is 16.5. The predicted molar refractivity (Wildman–Crippen MR) is 127 cm³/mol. The van der Waals surface area contributed by atoms with Crippen LogP contribution in [-0.4, -0.2) is 63.5 Å². The van der Waals surface area contributed by atoms with Crippen LogP contribution in [-0.2, 0) is 19.2 Å². The second kappa shape index (κ2) is 9.32. The number of carbonyl (C=O) groups is 3. The monoisotopic (exact) mass is 490 g/mol. The summed E-state index contributed by atoms with van der Waals surface area (Å²) in [5.41, 5.74) is 0.632. The number of carboxylic acids is 1. The van der Waals surface area contributed by atoms with Gasteiger partial charge in [-0.3, -0.25) is 9.59 Å². The molecule has 0 aromatic rings. The van der Waals surface area contributed by atoms with Gasteiger partial charge in [0, 0.05) is 5.41 Å². The molecule has 0 spiro atoms. The van der Waals surface area contributed by atoms with Crippen LogP contribution in [0.1, 0.15) is 72.1 Å². The summed E-state index contributed by atoms with van der Waals surface area (Å²) in [6.07, 6.45) is 9.07. The summed E-state index contributed by atoms with van der Waals surface area (Å²) in [6, 6.07) is -1.37. The van der Waals surface area contributed by atoms with Gasteiger partial charge >= 0.3 is 5.97 Å². The summed E-state index contributed by atoms with van der Waals surface area (Å²) < 4.78 is 0. The first kappa shape index (κ1) is 25.8. The molecule has 3 saturated carbocycles. The maximum Gasteiger partial charge on any atom is 0.328 e. The van der Waals surface area contributed by atoms with E-state index >= 15 is 0 Å². The standard InChI is InChI=1S/C26H38N2O7/c1-15(30)26(34)11-8-20-18-5-4-16-12-17(28-35-14-22(31)27-21(13-29)23(32)33)6-9-24(16,2)19(18)7-10-25(20,26)3/h12,18-21,29,34H,4-11,13-14H2,1-3H3,(H,27,31)(H,32,33)/b28-17+/t18-,19+,20+,21-,24+,25+,26+/m1/s1. The first-order valence-corrected chi connectivity index (χ1v) is 12.7. The average Bonchev–Trinajstić information content (AvgIpc) is 3.09. The highest BCUT2D eigenvalue weighted by Gasteiger charge is 2.65. The van der Waals surface area contributed by atoms with Gasteiger partial charge in [0.1, 0.15) is 11.6 Å². The van der Waals surface area contributed by atoms with Gasteiger partial charge in [0.2, 0.25) is 0 Å². The molecule has 0 heterocycles. The van der Waals surface area contributed by atoms with Crippen molar-refractivity contribution < 1.29 is 34.5 Å². The molecule has 4 aliphatic rings. The van der Waals surface area contributed by atoms with Crippen molar-refractivity contribution in [1.82, 2.24) is 5.32 Å². The van der Waals surface area contributed by atoms with Crippen LogP contribution < -0.4 is 5.32 Å². The van der Waals surface area contributed by atoms with Gasteiger partial charge in [-0.25, -0.2) is 4.79 Å². The molecule has 0 saturated heterocycles. The van der Waals surface area contributed by atoms with Crippen LogP contribution in [0.2, 0.25) is 0 Å². The minimum atomic E-state index is -1.37. The van der Waals surface area contributed by atoms with E-state index in [9.17, 15) is 19.5 Å². The fraction of sp³-hybridized carbons (Fsp3) is 0.769. The third kappa shape index (κ3) is 4.20. The van der Waals surface area contributed by atoms with Gasteiger partial charge in [-0.1, -0.05) is 24.6 Å². The van der Waals surface area contributed by atoms with Crippen LogP contribution in [0.25, 0.3) is 0 Å². The molecule has 0 bridgehead atoms. The number of rotatable bonds is 7. The van der Waals surface area contributed by atoms with Crippen molar-refractivity contribution in [3.8, 4) is 0 Å². The Kier molecular flexibility index (Phi) is 6.87. The molecule has 0 aliphatic heterocycles. The lowest BCUT2D eigenvalue weighted by Crippen LogP contribution is -2.57. The summed E-state index contributed by atoms with van der Waals surface area (Å²) in [5, 5.41) is 35.5. The lowest BCUT2D eigenvalue weighted by molar-refractivity contribution is -0.159. The second-order valence-electron chi connectivity index (χ2n) is 11.4. The Morgan fingerprint density at radius 2 is 1.86 bits per heavy atom. The Morgan fingerprint density at radius 1 is 1.14 bits per heavy atom. The number of Topliss-reactive ketones (excluding diaryl/α,β-unsaturated/α-hetero) is 1. The normalized spacial score (nSPS) is 40.1. The van der Waals surface area contributed by atoms with Gasteiger partial charge in [-0.2, -0.15) is 0 Å². The number of hydrogen-bond acceptors (Lipinski definition) is 7. The Labute approximate surface area is 206 Å². The van der Waals surface area contributed by atoms with E-state index in [1.54, 1.807) is 0 Å². The molecule has 4 rings (SSSR count). The third-order valence-electron chi connectivity index (χ3n) is 9.90. The van der Waals surface area contributed by atoms with E-state index in [-0.39, 0.29) is 16.6 Å².